The van der Waals surface area contributed by atoms with Gasteiger partial charge in [-0.05, 0) is 37.7 Å². The molecule has 0 amide bonds. The van der Waals surface area contributed by atoms with Gasteiger partial charge in [0.2, 0.25) is 0 Å². The second kappa shape index (κ2) is 6.73. The first-order chi connectivity index (χ1) is 9.61. The zero-order chi connectivity index (χ0) is 14.5. The van der Waals surface area contributed by atoms with Crippen LogP contribution < -0.4 is 10.1 Å². The normalized spacial score (nSPS) is 12.2. The van der Waals surface area contributed by atoms with E-state index in [1.165, 1.54) is 11.6 Å². The third-order valence-electron chi connectivity index (χ3n) is 3.24. The Bertz CT molecular complexity index is 571. The monoisotopic (exact) mass is 293 g/mol. The molecule has 1 N–H and O–H groups in total. The summed E-state index contributed by atoms with van der Waals surface area (Å²) < 4.78 is 18.9. The van der Waals surface area contributed by atoms with Gasteiger partial charge in [0.1, 0.15) is 18.2 Å². The maximum absolute atomic E-state index is 13.3. The third-order valence-corrected chi connectivity index (χ3v) is 3.66. The van der Waals surface area contributed by atoms with E-state index in [-0.39, 0.29) is 11.6 Å². The summed E-state index contributed by atoms with van der Waals surface area (Å²) in [4.78, 5) is 0. The molecule has 1 unspecified atom stereocenters. The van der Waals surface area contributed by atoms with Crippen molar-refractivity contribution in [3.05, 3.63) is 64.4 Å². The van der Waals surface area contributed by atoms with Crippen molar-refractivity contribution in [3.63, 3.8) is 0 Å². The molecule has 2 aromatic rings. The van der Waals surface area contributed by atoms with Crippen LogP contribution in [0.2, 0.25) is 5.02 Å². The van der Waals surface area contributed by atoms with E-state index < -0.39 is 5.82 Å². The van der Waals surface area contributed by atoms with Crippen LogP contribution in [-0.4, -0.2) is 7.05 Å². The molecule has 2 aromatic carbocycles. The molecule has 20 heavy (non-hydrogen) atoms. The molecule has 0 bridgehead atoms. The number of halogens is 2. The first-order valence-corrected chi connectivity index (χ1v) is 6.82. The van der Waals surface area contributed by atoms with Crippen LogP contribution in [0.1, 0.15) is 24.1 Å². The highest BCUT2D eigenvalue weighted by molar-refractivity contribution is 6.31. The molecular weight excluding hydrogens is 277 g/mol. The van der Waals surface area contributed by atoms with Gasteiger partial charge in [0.25, 0.3) is 0 Å². The maximum Gasteiger partial charge on any atom is 0.142 e. The van der Waals surface area contributed by atoms with E-state index in [4.69, 9.17) is 16.3 Å². The van der Waals surface area contributed by atoms with Gasteiger partial charge < -0.3 is 10.1 Å². The maximum atomic E-state index is 13.3. The highest BCUT2D eigenvalue weighted by atomic mass is 35.5. The first kappa shape index (κ1) is 14.8. The lowest BCUT2D eigenvalue weighted by molar-refractivity contribution is 0.305. The molecule has 0 saturated heterocycles. The van der Waals surface area contributed by atoms with Crippen LogP contribution in [0.25, 0.3) is 0 Å². The van der Waals surface area contributed by atoms with Crippen molar-refractivity contribution in [1.29, 1.82) is 0 Å². The van der Waals surface area contributed by atoms with Crippen LogP contribution in [0.4, 0.5) is 4.39 Å². The molecule has 0 radical (unpaired) electrons. The Hall–Kier alpha value is -1.58. The van der Waals surface area contributed by atoms with Gasteiger partial charge in [-0.1, -0.05) is 35.9 Å². The largest absolute Gasteiger partial charge is 0.489 e. The van der Waals surface area contributed by atoms with Crippen molar-refractivity contribution < 1.29 is 9.13 Å². The van der Waals surface area contributed by atoms with E-state index in [1.54, 1.807) is 12.1 Å². The number of nitrogens with one attached hydrogen (secondary N) is 1. The summed E-state index contributed by atoms with van der Waals surface area (Å²) in [6, 6.07) is 12.8. The van der Waals surface area contributed by atoms with Crippen LogP contribution in [-0.2, 0) is 6.61 Å². The molecule has 0 saturated carbocycles. The summed E-state index contributed by atoms with van der Waals surface area (Å²) >= 11 is 5.88. The molecule has 2 nitrogen and oxygen atoms in total. The van der Waals surface area contributed by atoms with Gasteiger partial charge in [-0.25, -0.2) is 4.39 Å². The lowest BCUT2D eigenvalue weighted by Gasteiger charge is -2.12. The number of hydrogen-bond donors (Lipinski definition) is 1. The summed E-state index contributed by atoms with van der Waals surface area (Å²) in [6.45, 7) is 2.33. The molecule has 0 aliphatic carbocycles. The van der Waals surface area contributed by atoms with Gasteiger partial charge in [-0.2, -0.15) is 0 Å². The van der Waals surface area contributed by atoms with E-state index in [9.17, 15) is 4.39 Å². The quantitative estimate of drug-likeness (QED) is 0.885. The van der Waals surface area contributed by atoms with Gasteiger partial charge >= 0.3 is 0 Å². The minimum Gasteiger partial charge on any atom is -0.489 e. The van der Waals surface area contributed by atoms with Crippen molar-refractivity contribution in [2.45, 2.75) is 19.6 Å². The van der Waals surface area contributed by atoms with Crippen molar-refractivity contribution in [2.75, 3.05) is 7.05 Å². The number of ether oxygens (including phenoxy) is 1. The lowest BCUT2D eigenvalue weighted by atomic mass is 10.1. The molecule has 0 aliphatic rings. The summed E-state index contributed by atoms with van der Waals surface area (Å²) in [5.74, 6) is 0.309. The van der Waals surface area contributed by atoms with E-state index in [1.807, 2.05) is 31.3 Å². The summed E-state index contributed by atoms with van der Waals surface area (Å²) in [5.41, 5.74) is 1.82. The van der Waals surface area contributed by atoms with E-state index in [0.29, 0.717) is 11.6 Å². The summed E-state index contributed by atoms with van der Waals surface area (Å²) in [5, 5.41) is 3.29. The van der Waals surface area contributed by atoms with Gasteiger partial charge in [0, 0.05) is 11.6 Å². The van der Waals surface area contributed by atoms with Crippen LogP contribution in [0.15, 0.2) is 42.5 Å². The molecule has 0 heterocycles. The highest BCUT2D eigenvalue weighted by Crippen LogP contribution is 2.22. The molecule has 0 fully saturated rings. The van der Waals surface area contributed by atoms with E-state index in [2.05, 4.69) is 12.2 Å². The van der Waals surface area contributed by atoms with Crippen molar-refractivity contribution in [2.24, 2.45) is 0 Å². The smallest absolute Gasteiger partial charge is 0.142 e. The van der Waals surface area contributed by atoms with Crippen LogP contribution in [0, 0.1) is 5.82 Å². The molecule has 4 heteroatoms. The minimum atomic E-state index is -0.425. The Morgan fingerprint density at radius 2 is 1.90 bits per heavy atom. The molecule has 2 rings (SSSR count). The number of rotatable bonds is 5. The fraction of sp³-hybridized carbons (Fsp3) is 0.250. The fourth-order valence-electron chi connectivity index (χ4n) is 1.84. The topological polar surface area (TPSA) is 21.3 Å². The molecule has 0 aromatic heterocycles. The summed E-state index contributed by atoms with van der Waals surface area (Å²) in [6.07, 6.45) is 0. The molecule has 106 valence electrons. The standard InChI is InChI=1S/C16H17ClFNO/c1-11(19-2)12-6-8-14(9-7-12)20-10-13-4-3-5-15(18)16(13)17/h3-9,11,19H,10H2,1-2H3. The van der Waals surface area contributed by atoms with Gasteiger partial charge in [0.15, 0.2) is 0 Å². The SMILES string of the molecule is CNC(C)c1ccc(OCc2cccc(F)c2Cl)cc1. The van der Waals surface area contributed by atoms with Gasteiger partial charge in [0.05, 0.1) is 5.02 Å². The van der Waals surface area contributed by atoms with Crippen molar-refractivity contribution in [1.82, 2.24) is 5.32 Å². The zero-order valence-corrected chi connectivity index (χ0v) is 12.2. The first-order valence-electron chi connectivity index (χ1n) is 6.44. The van der Waals surface area contributed by atoms with Gasteiger partial charge in [-0.3, -0.25) is 0 Å². The summed E-state index contributed by atoms with van der Waals surface area (Å²) in [7, 11) is 1.92. The predicted octanol–water partition coefficient (Wildman–Crippen LogP) is 4.34. The second-order valence-corrected chi connectivity index (χ2v) is 4.96. The Kier molecular flexibility index (Phi) is 4.99. The van der Waals surface area contributed by atoms with Gasteiger partial charge in [-0.15, -0.1) is 0 Å². The predicted molar refractivity (Wildman–Crippen MR) is 79.7 cm³/mol. The fourth-order valence-corrected chi connectivity index (χ4v) is 2.02. The molecule has 1 atom stereocenters. The lowest BCUT2D eigenvalue weighted by Crippen LogP contribution is -2.11. The van der Waals surface area contributed by atoms with Crippen molar-refractivity contribution >= 4 is 11.6 Å². The molecule has 0 spiro atoms. The van der Waals surface area contributed by atoms with Crippen molar-refractivity contribution in [3.8, 4) is 5.75 Å². The molecular formula is C16H17ClFNO. The Balaban J connectivity index is 2.02. The van der Waals surface area contributed by atoms with Crippen LogP contribution in [0.3, 0.4) is 0 Å². The highest BCUT2D eigenvalue weighted by Gasteiger charge is 2.07. The zero-order valence-electron chi connectivity index (χ0n) is 11.5. The third kappa shape index (κ3) is 3.50. The minimum absolute atomic E-state index is 0.118. The van der Waals surface area contributed by atoms with Crippen LogP contribution in [0.5, 0.6) is 5.75 Å². The Morgan fingerprint density at radius 1 is 1.20 bits per heavy atom. The van der Waals surface area contributed by atoms with E-state index >= 15 is 0 Å². The molecule has 0 aliphatic heterocycles. The number of hydrogen-bond acceptors (Lipinski definition) is 2. The van der Waals surface area contributed by atoms with E-state index in [0.717, 1.165) is 5.75 Å². The second-order valence-electron chi connectivity index (χ2n) is 4.58. The van der Waals surface area contributed by atoms with Crippen LogP contribution >= 0.6 is 11.6 Å². The Labute approximate surface area is 123 Å². The average Bonchev–Trinajstić information content (AvgIpc) is 2.48. The Morgan fingerprint density at radius 3 is 2.55 bits per heavy atom. The average molecular weight is 294 g/mol. The number of benzene rings is 2.